The monoisotopic (exact) mass is 426 g/mol. The van der Waals surface area contributed by atoms with Crippen molar-refractivity contribution >= 4 is 46.3 Å². The zero-order chi connectivity index (χ0) is 20.5. The third-order valence-corrected chi connectivity index (χ3v) is 5.13. The number of hydrogen-bond acceptors (Lipinski definition) is 4. The van der Waals surface area contributed by atoms with Crippen molar-refractivity contribution in [1.29, 1.82) is 0 Å². The average molecular weight is 427 g/mol. The van der Waals surface area contributed by atoms with Gasteiger partial charge >= 0.3 is 0 Å². The Labute approximate surface area is 177 Å². The van der Waals surface area contributed by atoms with E-state index in [1.807, 2.05) is 31.2 Å². The summed E-state index contributed by atoms with van der Waals surface area (Å²) in [5.74, 6) is -0.400. The molecular formula is C22H16Cl2N2O3. The second kappa shape index (κ2) is 7.78. The van der Waals surface area contributed by atoms with Crippen LogP contribution < -0.4 is 5.32 Å². The molecular weight excluding hydrogens is 411 g/mol. The second-order valence-electron chi connectivity index (χ2n) is 6.64. The Kier molecular flexibility index (Phi) is 5.18. The lowest BCUT2D eigenvalue weighted by Crippen LogP contribution is -2.31. The van der Waals surface area contributed by atoms with Gasteiger partial charge in [0.25, 0.3) is 11.8 Å². The predicted octanol–water partition coefficient (Wildman–Crippen LogP) is 5.29. The summed E-state index contributed by atoms with van der Waals surface area (Å²) in [5.41, 5.74) is 2.57. The molecule has 0 bridgehead atoms. The number of amides is 2. The van der Waals surface area contributed by atoms with Gasteiger partial charge in [-0.3, -0.25) is 14.5 Å². The number of nitrogens with one attached hydrogen (secondary N) is 1. The highest BCUT2D eigenvalue weighted by molar-refractivity contribution is 6.41. The molecule has 0 radical (unpaired) electrons. The smallest absolute Gasteiger partial charge is 0.278 e. The largest absolute Gasteiger partial charge is 0.467 e. The topological polar surface area (TPSA) is 62.6 Å². The molecule has 2 amide bonds. The van der Waals surface area contributed by atoms with Crippen molar-refractivity contribution in [2.45, 2.75) is 13.5 Å². The van der Waals surface area contributed by atoms with Crippen molar-refractivity contribution in [2.24, 2.45) is 0 Å². The van der Waals surface area contributed by atoms with Gasteiger partial charge in [-0.1, -0.05) is 47.0 Å². The molecule has 7 heteroatoms. The molecule has 0 spiro atoms. The van der Waals surface area contributed by atoms with Crippen LogP contribution in [0.4, 0.5) is 5.69 Å². The number of halogens is 2. The van der Waals surface area contributed by atoms with Crippen molar-refractivity contribution < 1.29 is 14.0 Å². The summed E-state index contributed by atoms with van der Waals surface area (Å²) in [7, 11) is 0. The van der Waals surface area contributed by atoms with Gasteiger partial charge in [0.1, 0.15) is 11.5 Å². The van der Waals surface area contributed by atoms with Gasteiger partial charge in [-0.15, -0.1) is 0 Å². The molecule has 0 aliphatic carbocycles. The van der Waals surface area contributed by atoms with E-state index < -0.39 is 11.8 Å². The molecule has 5 nitrogen and oxygen atoms in total. The van der Waals surface area contributed by atoms with E-state index in [1.165, 1.54) is 6.26 Å². The minimum Gasteiger partial charge on any atom is -0.467 e. The lowest BCUT2D eigenvalue weighted by Gasteiger charge is -2.13. The van der Waals surface area contributed by atoms with Crippen LogP contribution in [0.25, 0.3) is 5.57 Å². The summed E-state index contributed by atoms with van der Waals surface area (Å²) in [6.45, 7) is 2.00. The van der Waals surface area contributed by atoms with E-state index >= 15 is 0 Å². The van der Waals surface area contributed by atoms with E-state index in [9.17, 15) is 9.59 Å². The molecule has 29 heavy (non-hydrogen) atoms. The normalized spacial score (nSPS) is 14.1. The van der Waals surface area contributed by atoms with Crippen LogP contribution in [0, 0.1) is 6.92 Å². The van der Waals surface area contributed by atoms with E-state index in [1.54, 1.807) is 30.3 Å². The summed E-state index contributed by atoms with van der Waals surface area (Å²) in [5, 5.41) is 3.82. The minimum atomic E-state index is -0.453. The first-order valence-corrected chi connectivity index (χ1v) is 9.61. The fourth-order valence-electron chi connectivity index (χ4n) is 3.12. The molecule has 1 N–H and O–H groups in total. The Hall–Kier alpha value is -3.02. The van der Waals surface area contributed by atoms with E-state index in [2.05, 4.69) is 5.32 Å². The molecule has 0 fully saturated rings. The number of nitrogens with zero attached hydrogens (tertiary/aromatic N) is 1. The Morgan fingerprint density at radius 1 is 1.00 bits per heavy atom. The molecule has 0 saturated carbocycles. The summed E-state index contributed by atoms with van der Waals surface area (Å²) >= 11 is 12.4. The van der Waals surface area contributed by atoms with Crippen LogP contribution >= 0.6 is 23.2 Å². The van der Waals surface area contributed by atoms with Crippen LogP contribution in [-0.4, -0.2) is 16.7 Å². The van der Waals surface area contributed by atoms with Crippen LogP contribution in [0.3, 0.4) is 0 Å². The van der Waals surface area contributed by atoms with Gasteiger partial charge in [-0.25, -0.2) is 0 Å². The van der Waals surface area contributed by atoms with E-state index in [0.29, 0.717) is 22.0 Å². The summed E-state index contributed by atoms with van der Waals surface area (Å²) in [4.78, 5) is 27.5. The fourth-order valence-corrected chi connectivity index (χ4v) is 3.62. The quantitative estimate of drug-likeness (QED) is 0.563. The average Bonchev–Trinajstić information content (AvgIpc) is 3.28. The highest BCUT2D eigenvalue weighted by atomic mass is 35.5. The minimum absolute atomic E-state index is 0.0262. The van der Waals surface area contributed by atoms with Gasteiger partial charge in [-0.05, 0) is 43.3 Å². The van der Waals surface area contributed by atoms with Gasteiger partial charge in [-0.2, -0.15) is 0 Å². The van der Waals surface area contributed by atoms with Crippen LogP contribution in [0.15, 0.2) is 71.0 Å². The summed E-state index contributed by atoms with van der Waals surface area (Å²) in [6, 6.07) is 15.7. The third-order valence-electron chi connectivity index (χ3n) is 4.58. The van der Waals surface area contributed by atoms with E-state index in [-0.39, 0.29) is 22.8 Å². The molecule has 1 aromatic heterocycles. The second-order valence-corrected chi connectivity index (χ2v) is 7.48. The SMILES string of the molecule is Cc1ccc(NC2=C(c3ccc(Cl)cc3Cl)C(=O)N(Cc3ccco3)C2=O)cc1. The Bertz CT molecular complexity index is 1120. The number of anilines is 1. The lowest BCUT2D eigenvalue weighted by molar-refractivity contribution is -0.137. The van der Waals surface area contributed by atoms with Crippen LogP contribution in [0.2, 0.25) is 10.0 Å². The van der Waals surface area contributed by atoms with Gasteiger partial charge in [0.2, 0.25) is 0 Å². The van der Waals surface area contributed by atoms with Gasteiger partial charge < -0.3 is 9.73 Å². The number of carbonyl (C=O) groups is 2. The standard InChI is InChI=1S/C22H16Cl2N2O3/c1-13-4-7-15(8-5-13)25-20-19(17-9-6-14(23)11-18(17)24)21(27)26(22(20)28)12-16-3-2-10-29-16/h2-11,25H,12H2,1H3. The van der Waals surface area contributed by atoms with Crippen LogP contribution in [0.1, 0.15) is 16.9 Å². The number of hydrogen-bond donors (Lipinski definition) is 1. The molecule has 0 unspecified atom stereocenters. The molecule has 0 atom stereocenters. The molecule has 2 aromatic carbocycles. The Morgan fingerprint density at radius 3 is 2.41 bits per heavy atom. The Balaban J connectivity index is 1.78. The van der Waals surface area contributed by atoms with Gasteiger partial charge in [0, 0.05) is 16.3 Å². The molecule has 0 saturated heterocycles. The molecule has 1 aliphatic heterocycles. The fraction of sp³-hybridized carbons (Fsp3) is 0.0909. The maximum atomic E-state index is 13.2. The summed E-state index contributed by atoms with van der Waals surface area (Å²) < 4.78 is 5.31. The Morgan fingerprint density at radius 2 is 1.76 bits per heavy atom. The zero-order valence-electron chi connectivity index (χ0n) is 15.4. The molecule has 3 aromatic rings. The molecule has 146 valence electrons. The number of aryl methyl sites for hydroxylation is 1. The van der Waals surface area contributed by atoms with E-state index in [4.69, 9.17) is 27.6 Å². The van der Waals surface area contributed by atoms with Crippen molar-refractivity contribution in [3.63, 3.8) is 0 Å². The van der Waals surface area contributed by atoms with Crippen molar-refractivity contribution in [2.75, 3.05) is 5.32 Å². The molecule has 4 rings (SSSR count). The predicted molar refractivity (Wildman–Crippen MR) is 112 cm³/mol. The van der Waals surface area contributed by atoms with Crippen LogP contribution in [-0.2, 0) is 16.1 Å². The summed E-state index contributed by atoms with van der Waals surface area (Å²) in [6.07, 6.45) is 1.50. The molecule has 2 heterocycles. The maximum Gasteiger partial charge on any atom is 0.278 e. The lowest BCUT2D eigenvalue weighted by atomic mass is 10.0. The first-order valence-electron chi connectivity index (χ1n) is 8.86. The number of furan rings is 1. The van der Waals surface area contributed by atoms with Gasteiger partial charge in [0.15, 0.2) is 0 Å². The van der Waals surface area contributed by atoms with Crippen molar-refractivity contribution in [1.82, 2.24) is 4.90 Å². The zero-order valence-corrected chi connectivity index (χ0v) is 16.9. The number of carbonyl (C=O) groups excluding carboxylic acids is 2. The molecule has 1 aliphatic rings. The number of benzene rings is 2. The van der Waals surface area contributed by atoms with Gasteiger partial charge in [0.05, 0.1) is 23.4 Å². The maximum absolute atomic E-state index is 13.2. The third kappa shape index (κ3) is 3.79. The highest BCUT2D eigenvalue weighted by Gasteiger charge is 2.40. The number of imide groups is 1. The van der Waals surface area contributed by atoms with Crippen molar-refractivity contribution in [3.8, 4) is 0 Å². The van der Waals surface area contributed by atoms with Crippen LogP contribution in [0.5, 0.6) is 0 Å². The highest BCUT2D eigenvalue weighted by Crippen LogP contribution is 2.36. The first kappa shape index (κ1) is 19.3. The first-order chi connectivity index (χ1) is 13.9. The van der Waals surface area contributed by atoms with Crippen molar-refractivity contribution in [3.05, 3.63) is 93.5 Å². The van der Waals surface area contributed by atoms with E-state index in [0.717, 1.165) is 10.5 Å². The number of rotatable bonds is 5.